The Morgan fingerprint density at radius 2 is 1.88 bits per heavy atom. The van der Waals surface area contributed by atoms with E-state index in [1.165, 1.54) is 30.9 Å². The number of fused-ring (bicyclic) bond motifs is 9. The van der Waals surface area contributed by atoms with Crippen LogP contribution in [0.1, 0.15) is 73.5 Å². The molecule has 3 saturated heterocycles. The van der Waals surface area contributed by atoms with Crippen LogP contribution in [0.25, 0.3) is 21.8 Å². The van der Waals surface area contributed by atoms with Crippen molar-refractivity contribution in [2.75, 3.05) is 40.9 Å². The zero-order valence-corrected chi connectivity index (χ0v) is 30.4. The molecule has 0 spiro atoms. The second-order valence-corrected chi connectivity index (χ2v) is 16.1. The molecular formula is C42H50N4O5. The van der Waals surface area contributed by atoms with Crippen molar-refractivity contribution in [3.8, 4) is 5.75 Å². The molecular weight excluding hydrogens is 640 g/mol. The molecule has 3 N–H and O–H groups in total. The second kappa shape index (κ2) is 12.0. The number of carbonyl (C=O) groups excluding carboxylic acids is 2. The minimum Gasteiger partial charge on any atom is -0.508 e. The minimum absolute atomic E-state index is 0.0206. The molecule has 10 rings (SSSR count). The van der Waals surface area contributed by atoms with E-state index in [2.05, 4.69) is 77.1 Å². The number of hydrogen-bond donors (Lipinski definition) is 3. The second-order valence-electron chi connectivity index (χ2n) is 16.1. The number of carbonyl (C=O) groups is 2. The third-order valence-corrected chi connectivity index (χ3v) is 13.9. The SMILES string of the molecule is C/C=C1/CN(C)[C@H]2Cc3c([nH]c4ccccc34)[C@@H](c3cc4c5c([nH]c4cc3O)[C@]3(C(=O)OC)C[C@H]4C[C@H](CC)[C@@H]3N(CC5)C4)C[C@@H]1[C@@H]2C(=O)OC. The Morgan fingerprint density at radius 3 is 2.65 bits per heavy atom. The molecule has 0 amide bonds. The van der Waals surface area contributed by atoms with Crippen LogP contribution in [0.15, 0.2) is 48.0 Å². The summed E-state index contributed by atoms with van der Waals surface area (Å²) in [6.45, 7) is 7.03. The molecule has 6 heterocycles. The number of H-pyrrole nitrogens is 2. The van der Waals surface area contributed by atoms with Gasteiger partial charge in [0.05, 0.1) is 20.1 Å². The number of nitrogens with one attached hydrogen (secondary N) is 2. The molecule has 2 aliphatic carbocycles. The highest BCUT2D eigenvalue weighted by molar-refractivity contribution is 5.93. The number of ether oxygens (including phenoxy) is 2. The first-order chi connectivity index (χ1) is 24.7. The van der Waals surface area contributed by atoms with Crippen LogP contribution >= 0.6 is 0 Å². The van der Waals surface area contributed by atoms with E-state index in [0.717, 1.165) is 84.1 Å². The van der Waals surface area contributed by atoms with Crippen LogP contribution in [0, 0.1) is 23.7 Å². The van der Waals surface area contributed by atoms with Gasteiger partial charge in [-0.25, -0.2) is 0 Å². The number of piperidine rings is 3. The molecule has 6 bridgehead atoms. The third kappa shape index (κ3) is 4.59. The Hall–Kier alpha value is -4.08. The van der Waals surface area contributed by atoms with Crippen molar-refractivity contribution in [2.24, 2.45) is 23.7 Å². The van der Waals surface area contributed by atoms with Gasteiger partial charge in [-0.05, 0) is 87.1 Å². The van der Waals surface area contributed by atoms with E-state index < -0.39 is 5.41 Å². The highest BCUT2D eigenvalue weighted by Gasteiger charge is 2.62. The normalized spacial score (nSPS) is 33.7. The Labute approximate surface area is 299 Å². The predicted molar refractivity (Wildman–Crippen MR) is 197 cm³/mol. The summed E-state index contributed by atoms with van der Waals surface area (Å²) >= 11 is 0. The molecule has 4 fully saturated rings. The molecule has 268 valence electrons. The van der Waals surface area contributed by atoms with Crippen LogP contribution in [-0.2, 0) is 37.3 Å². The summed E-state index contributed by atoms with van der Waals surface area (Å²) in [5.41, 5.74) is 7.69. The summed E-state index contributed by atoms with van der Waals surface area (Å²) < 4.78 is 11.2. The van der Waals surface area contributed by atoms with Gasteiger partial charge < -0.3 is 24.5 Å². The van der Waals surface area contributed by atoms with Gasteiger partial charge in [-0.15, -0.1) is 0 Å². The van der Waals surface area contributed by atoms with E-state index >= 15 is 0 Å². The molecule has 0 radical (unpaired) electrons. The van der Waals surface area contributed by atoms with E-state index in [4.69, 9.17) is 9.47 Å². The number of likely N-dealkylation sites (N-methyl/N-ethyl adjacent to an activating group) is 1. The lowest BCUT2D eigenvalue weighted by Gasteiger charge is -2.57. The number of esters is 2. The van der Waals surface area contributed by atoms with Crippen LogP contribution in [0.4, 0.5) is 0 Å². The number of allylic oxidation sites excluding steroid dienone is 1. The quantitative estimate of drug-likeness (QED) is 0.173. The van der Waals surface area contributed by atoms with Crippen molar-refractivity contribution in [2.45, 2.75) is 75.8 Å². The summed E-state index contributed by atoms with van der Waals surface area (Å²) in [5, 5.41) is 14.3. The van der Waals surface area contributed by atoms with Crippen LogP contribution in [0.5, 0.6) is 5.75 Å². The first-order valence-electron chi connectivity index (χ1n) is 18.9. The van der Waals surface area contributed by atoms with Gasteiger partial charge in [0.25, 0.3) is 0 Å². The largest absolute Gasteiger partial charge is 0.508 e. The van der Waals surface area contributed by atoms with Crippen molar-refractivity contribution in [3.63, 3.8) is 0 Å². The maximum Gasteiger partial charge on any atom is 0.319 e. The van der Waals surface area contributed by atoms with E-state index in [0.29, 0.717) is 24.7 Å². The van der Waals surface area contributed by atoms with Crippen molar-refractivity contribution in [1.82, 2.24) is 19.8 Å². The van der Waals surface area contributed by atoms with Gasteiger partial charge >= 0.3 is 11.9 Å². The van der Waals surface area contributed by atoms with Crippen molar-refractivity contribution < 1.29 is 24.2 Å². The van der Waals surface area contributed by atoms with E-state index in [1.54, 1.807) is 0 Å². The molecule has 51 heavy (non-hydrogen) atoms. The molecule has 9 nitrogen and oxygen atoms in total. The van der Waals surface area contributed by atoms with Gasteiger partial charge in [-0.2, -0.15) is 0 Å². The van der Waals surface area contributed by atoms with Gasteiger partial charge in [0.1, 0.15) is 11.2 Å². The molecule has 2 aromatic heterocycles. The van der Waals surface area contributed by atoms with Crippen LogP contribution in [0.3, 0.4) is 0 Å². The fourth-order valence-electron chi connectivity index (χ4n) is 11.9. The number of likely N-dealkylation sites (tertiary alicyclic amines) is 1. The predicted octanol–water partition coefficient (Wildman–Crippen LogP) is 6.19. The fourth-order valence-corrected chi connectivity index (χ4v) is 11.9. The monoisotopic (exact) mass is 690 g/mol. The number of rotatable bonds is 4. The number of aromatic amines is 2. The molecule has 1 unspecified atom stereocenters. The summed E-state index contributed by atoms with van der Waals surface area (Å²) in [6.07, 6.45) is 7.31. The van der Waals surface area contributed by atoms with Gasteiger partial charge in [0, 0.05) is 82.5 Å². The first kappa shape index (κ1) is 32.8. The number of nitrogens with zero attached hydrogens (tertiary/aromatic N) is 2. The number of hydrogen-bond acceptors (Lipinski definition) is 7. The lowest BCUT2D eigenvalue weighted by atomic mass is 9.56. The number of phenols is 1. The molecule has 6 aliphatic rings. The lowest BCUT2D eigenvalue weighted by Crippen LogP contribution is -2.67. The maximum absolute atomic E-state index is 14.1. The van der Waals surface area contributed by atoms with Crippen LogP contribution in [0.2, 0.25) is 0 Å². The number of phenolic OH excluding ortho intramolecular Hbond substituents is 1. The Balaban J connectivity index is 1.26. The minimum atomic E-state index is -0.764. The van der Waals surface area contributed by atoms with Gasteiger partial charge in [0.2, 0.25) is 0 Å². The van der Waals surface area contributed by atoms with Crippen molar-refractivity contribution in [3.05, 3.63) is 76.1 Å². The average molecular weight is 691 g/mol. The van der Waals surface area contributed by atoms with Gasteiger partial charge in [0.15, 0.2) is 0 Å². The fraction of sp³-hybridized carbons (Fsp3) is 0.524. The average Bonchev–Trinajstić information content (AvgIpc) is 3.66. The summed E-state index contributed by atoms with van der Waals surface area (Å²) in [7, 11) is 5.15. The topological polar surface area (TPSA) is 111 Å². The smallest absolute Gasteiger partial charge is 0.319 e. The summed E-state index contributed by atoms with van der Waals surface area (Å²) in [6, 6.07) is 12.6. The van der Waals surface area contributed by atoms with E-state index in [-0.39, 0.29) is 47.5 Å². The van der Waals surface area contributed by atoms with Crippen molar-refractivity contribution >= 4 is 33.7 Å². The van der Waals surface area contributed by atoms with Crippen LogP contribution in [-0.4, -0.2) is 89.8 Å². The molecule has 4 aliphatic heterocycles. The molecule has 4 aromatic rings. The zero-order chi connectivity index (χ0) is 35.3. The Morgan fingerprint density at radius 1 is 1.06 bits per heavy atom. The Kier molecular flexibility index (Phi) is 7.71. The highest BCUT2D eigenvalue weighted by Crippen LogP contribution is 2.56. The number of aromatic nitrogens is 2. The van der Waals surface area contributed by atoms with Crippen LogP contribution < -0.4 is 0 Å². The highest BCUT2D eigenvalue weighted by atomic mass is 16.5. The zero-order valence-electron chi connectivity index (χ0n) is 30.4. The number of methoxy groups -OCH3 is 2. The van der Waals surface area contributed by atoms with Crippen molar-refractivity contribution in [1.29, 1.82) is 0 Å². The molecule has 9 heteroatoms. The van der Waals surface area contributed by atoms with E-state index in [1.807, 2.05) is 6.07 Å². The maximum atomic E-state index is 14.1. The third-order valence-electron chi connectivity index (χ3n) is 13.9. The lowest BCUT2D eigenvalue weighted by molar-refractivity contribution is -0.162. The Bertz CT molecular complexity index is 2090. The van der Waals surface area contributed by atoms with Gasteiger partial charge in [-0.3, -0.25) is 19.4 Å². The number of benzene rings is 2. The number of aromatic hydroxyl groups is 1. The summed E-state index contributed by atoms with van der Waals surface area (Å²) in [4.78, 5) is 40.3. The summed E-state index contributed by atoms with van der Waals surface area (Å²) in [5.74, 6) is 0.169. The standard InChI is InChI=1S/C42H50N4O5/c1-6-23-14-22-19-42(41(49)51-5)38-26(12-13-46(20-22)39(23)42)28-16-29(35(47)18-33(28)44-38)30-15-27-24(7-2)21-45(3)34(36(27)40(48)50-4)17-31-25-10-8-9-11-32(25)43-37(30)31/h7-11,16,18,22-23,27,30,34,36,39,43-44,47H,6,12-15,17,19-21H2,1-5H3/b24-7-/t22-,23+,27+,30-,34+,36+,39+,42-/m1/s1. The molecule has 9 atom stereocenters. The first-order valence-corrected chi connectivity index (χ1v) is 18.9. The van der Waals surface area contributed by atoms with Gasteiger partial charge in [-0.1, -0.05) is 43.2 Å². The molecule has 2 aromatic carbocycles. The number of para-hydroxylation sites is 1. The van der Waals surface area contributed by atoms with E-state index in [9.17, 15) is 14.7 Å². The molecule has 1 saturated carbocycles.